The van der Waals surface area contributed by atoms with Gasteiger partial charge in [-0.2, -0.15) is 5.10 Å². The number of hydrogen-bond acceptors (Lipinski definition) is 6. The summed E-state index contributed by atoms with van der Waals surface area (Å²) in [6.45, 7) is -0.297. The smallest absolute Gasteiger partial charge is 0.287 e. The number of nitrogens with zero attached hydrogens (tertiary/aromatic N) is 3. The van der Waals surface area contributed by atoms with Gasteiger partial charge in [0.05, 0.1) is 28.5 Å². The van der Waals surface area contributed by atoms with Crippen LogP contribution in [0.4, 0.5) is 5.13 Å². The van der Waals surface area contributed by atoms with Crippen molar-refractivity contribution in [3.8, 4) is 5.75 Å². The maximum absolute atomic E-state index is 12.1. The lowest BCUT2D eigenvalue weighted by molar-refractivity contribution is -0.117. The predicted octanol–water partition coefficient (Wildman–Crippen LogP) is 2.81. The van der Waals surface area contributed by atoms with Gasteiger partial charge in [0.1, 0.15) is 17.3 Å². The van der Waals surface area contributed by atoms with E-state index in [0.29, 0.717) is 10.9 Å². The minimum absolute atomic E-state index is 0.0402. The molecule has 24 heavy (non-hydrogen) atoms. The summed E-state index contributed by atoms with van der Waals surface area (Å²) in [7, 11) is 1.58. The number of anilines is 1. The van der Waals surface area contributed by atoms with Crippen molar-refractivity contribution in [1.29, 1.82) is 0 Å². The Morgan fingerprint density at radius 1 is 1.42 bits per heavy atom. The van der Waals surface area contributed by atoms with E-state index in [2.05, 4.69) is 15.4 Å². The molecule has 0 saturated carbocycles. The molecule has 1 N–H and O–H groups in total. The summed E-state index contributed by atoms with van der Waals surface area (Å²) in [5.74, 6) is 0.254. The normalized spacial score (nSPS) is 10.8. The van der Waals surface area contributed by atoms with Crippen LogP contribution in [0.5, 0.6) is 5.75 Å². The molecular weight excluding hydrogens is 375 g/mol. The van der Waals surface area contributed by atoms with Crippen LogP contribution in [-0.2, 0) is 11.3 Å². The number of carbonyl (C=O) groups is 1. The molecular formula is C14H10Cl2N4O3S. The summed E-state index contributed by atoms with van der Waals surface area (Å²) in [5.41, 5.74) is 0.106. The van der Waals surface area contributed by atoms with Crippen LogP contribution in [0.3, 0.4) is 0 Å². The number of halogens is 2. The zero-order chi connectivity index (χ0) is 17.3. The van der Waals surface area contributed by atoms with E-state index in [1.807, 2.05) is 6.07 Å². The van der Waals surface area contributed by atoms with Gasteiger partial charge < -0.3 is 10.1 Å². The molecule has 1 aromatic carbocycles. The first-order valence-electron chi connectivity index (χ1n) is 6.63. The Hall–Kier alpha value is -2.16. The highest BCUT2D eigenvalue weighted by Crippen LogP contribution is 2.29. The number of hydrogen-bond donors (Lipinski definition) is 1. The van der Waals surface area contributed by atoms with E-state index in [4.69, 9.17) is 27.9 Å². The molecule has 3 rings (SSSR count). The summed E-state index contributed by atoms with van der Waals surface area (Å²) in [6.07, 6.45) is 1.21. The second-order valence-corrected chi connectivity index (χ2v) is 6.49. The van der Waals surface area contributed by atoms with Gasteiger partial charge in [-0.1, -0.05) is 34.5 Å². The molecule has 7 nitrogen and oxygen atoms in total. The molecule has 0 unspecified atom stereocenters. The Morgan fingerprint density at radius 2 is 2.21 bits per heavy atom. The van der Waals surface area contributed by atoms with Gasteiger partial charge in [0.25, 0.3) is 5.56 Å². The molecule has 0 aliphatic carbocycles. The maximum atomic E-state index is 12.1. The number of amides is 1. The number of rotatable bonds is 4. The lowest BCUT2D eigenvalue weighted by Gasteiger charge is -2.05. The Labute approximate surface area is 149 Å². The SMILES string of the molecule is COc1ccc2nc(NC(=O)Cn3ncc(Cl)c(Cl)c3=O)sc2c1. The van der Waals surface area contributed by atoms with Gasteiger partial charge in [-0.05, 0) is 18.2 Å². The third kappa shape index (κ3) is 3.35. The number of aromatic nitrogens is 3. The number of ether oxygens (including phenoxy) is 1. The van der Waals surface area contributed by atoms with Gasteiger partial charge in [-0.25, -0.2) is 9.67 Å². The fraction of sp³-hybridized carbons (Fsp3) is 0.143. The first-order valence-corrected chi connectivity index (χ1v) is 8.20. The van der Waals surface area contributed by atoms with Crippen molar-refractivity contribution in [2.24, 2.45) is 0 Å². The van der Waals surface area contributed by atoms with Crippen LogP contribution in [0.1, 0.15) is 0 Å². The first kappa shape index (κ1) is 16.7. The van der Waals surface area contributed by atoms with Gasteiger partial charge in [0, 0.05) is 0 Å². The molecule has 0 aliphatic rings. The highest BCUT2D eigenvalue weighted by molar-refractivity contribution is 7.22. The van der Waals surface area contributed by atoms with Crippen molar-refractivity contribution in [2.45, 2.75) is 6.54 Å². The topological polar surface area (TPSA) is 86.1 Å². The van der Waals surface area contributed by atoms with E-state index >= 15 is 0 Å². The van der Waals surface area contributed by atoms with E-state index in [1.54, 1.807) is 19.2 Å². The van der Waals surface area contributed by atoms with Crippen LogP contribution in [0.15, 0.2) is 29.2 Å². The Morgan fingerprint density at radius 3 is 2.96 bits per heavy atom. The minimum Gasteiger partial charge on any atom is -0.497 e. The highest BCUT2D eigenvalue weighted by atomic mass is 35.5. The van der Waals surface area contributed by atoms with Crippen LogP contribution < -0.4 is 15.6 Å². The van der Waals surface area contributed by atoms with Crippen molar-refractivity contribution >= 4 is 55.8 Å². The Bertz CT molecular complexity index is 986. The molecule has 1 amide bonds. The second kappa shape index (κ2) is 6.76. The highest BCUT2D eigenvalue weighted by Gasteiger charge is 2.13. The zero-order valence-corrected chi connectivity index (χ0v) is 14.6. The lowest BCUT2D eigenvalue weighted by Crippen LogP contribution is -2.29. The summed E-state index contributed by atoms with van der Waals surface area (Å²) < 4.78 is 6.95. The molecule has 0 radical (unpaired) electrons. The summed E-state index contributed by atoms with van der Waals surface area (Å²) in [6, 6.07) is 5.41. The van der Waals surface area contributed by atoms with Crippen molar-refractivity contribution in [1.82, 2.24) is 14.8 Å². The zero-order valence-electron chi connectivity index (χ0n) is 12.2. The molecule has 0 atom stereocenters. The van der Waals surface area contributed by atoms with Crippen LogP contribution in [-0.4, -0.2) is 27.8 Å². The summed E-state index contributed by atoms with van der Waals surface area (Å²) >= 11 is 12.7. The van der Waals surface area contributed by atoms with Crippen molar-refractivity contribution in [3.05, 3.63) is 44.8 Å². The van der Waals surface area contributed by atoms with Gasteiger partial charge in [-0.15, -0.1) is 0 Å². The molecule has 2 aromatic heterocycles. The van der Waals surface area contributed by atoms with Crippen LogP contribution in [0, 0.1) is 0 Å². The van der Waals surface area contributed by atoms with Crippen molar-refractivity contribution < 1.29 is 9.53 Å². The molecule has 0 aliphatic heterocycles. The number of methoxy groups -OCH3 is 1. The van der Waals surface area contributed by atoms with E-state index in [9.17, 15) is 9.59 Å². The fourth-order valence-electron chi connectivity index (χ4n) is 1.94. The van der Waals surface area contributed by atoms with Gasteiger partial charge >= 0.3 is 0 Å². The van der Waals surface area contributed by atoms with Crippen LogP contribution in [0.25, 0.3) is 10.2 Å². The minimum atomic E-state index is -0.631. The predicted molar refractivity (Wildman–Crippen MR) is 93.3 cm³/mol. The van der Waals surface area contributed by atoms with E-state index < -0.39 is 11.5 Å². The third-order valence-electron chi connectivity index (χ3n) is 3.08. The monoisotopic (exact) mass is 384 g/mol. The first-order chi connectivity index (χ1) is 11.5. The fourth-order valence-corrected chi connectivity index (χ4v) is 3.12. The largest absolute Gasteiger partial charge is 0.497 e. The van der Waals surface area contributed by atoms with Gasteiger partial charge in [0.15, 0.2) is 5.13 Å². The maximum Gasteiger partial charge on any atom is 0.287 e. The number of thiazole rings is 1. The standard InChI is InChI=1S/C14H10Cl2N4O3S/c1-23-7-2-3-9-10(4-7)24-14(18-9)19-11(21)6-20-13(22)12(16)8(15)5-17-20/h2-5H,6H2,1H3,(H,18,19,21). The van der Waals surface area contributed by atoms with E-state index in [0.717, 1.165) is 14.9 Å². The van der Waals surface area contributed by atoms with E-state index in [-0.39, 0.29) is 16.6 Å². The molecule has 124 valence electrons. The van der Waals surface area contributed by atoms with Crippen molar-refractivity contribution in [3.63, 3.8) is 0 Å². The third-order valence-corrected chi connectivity index (χ3v) is 4.76. The van der Waals surface area contributed by atoms with Crippen molar-refractivity contribution in [2.75, 3.05) is 12.4 Å². The molecule has 0 bridgehead atoms. The molecule has 0 fully saturated rings. The number of nitrogens with one attached hydrogen (secondary N) is 1. The molecule has 3 aromatic rings. The number of fused-ring (bicyclic) bond motifs is 1. The molecule has 10 heteroatoms. The summed E-state index contributed by atoms with van der Waals surface area (Å²) in [4.78, 5) is 28.3. The Kier molecular flexibility index (Phi) is 4.70. The van der Waals surface area contributed by atoms with Crippen LogP contribution in [0.2, 0.25) is 10.0 Å². The number of benzene rings is 1. The Balaban J connectivity index is 1.78. The quantitative estimate of drug-likeness (QED) is 0.747. The van der Waals surface area contributed by atoms with Gasteiger partial charge in [-0.3, -0.25) is 9.59 Å². The number of carbonyl (C=O) groups excluding carboxylic acids is 1. The molecule has 0 saturated heterocycles. The molecule has 0 spiro atoms. The van der Waals surface area contributed by atoms with Gasteiger partial charge in [0.2, 0.25) is 5.91 Å². The molecule has 2 heterocycles. The van der Waals surface area contributed by atoms with Crippen LogP contribution >= 0.6 is 34.5 Å². The average molecular weight is 385 g/mol. The van der Waals surface area contributed by atoms with E-state index in [1.165, 1.54) is 17.5 Å². The summed E-state index contributed by atoms with van der Waals surface area (Å²) in [5, 5.41) is 6.69. The second-order valence-electron chi connectivity index (χ2n) is 4.67. The lowest BCUT2D eigenvalue weighted by atomic mass is 10.3. The average Bonchev–Trinajstić information content (AvgIpc) is 2.96.